The Hall–Kier alpha value is -3.91. The van der Waals surface area contributed by atoms with Gasteiger partial charge in [-0.3, -0.25) is 9.52 Å². The highest BCUT2D eigenvalue weighted by molar-refractivity contribution is 7.92. The van der Waals surface area contributed by atoms with Gasteiger partial charge in [-0.25, -0.2) is 12.8 Å². The van der Waals surface area contributed by atoms with E-state index in [2.05, 4.69) is 15.8 Å². The van der Waals surface area contributed by atoms with E-state index in [9.17, 15) is 17.6 Å². The minimum absolute atomic E-state index is 0.146. The van der Waals surface area contributed by atoms with E-state index in [4.69, 9.17) is 0 Å². The molecule has 4 aromatic rings. The van der Waals surface area contributed by atoms with Gasteiger partial charge in [-0.1, -0.05) is 66.7 Å². The first-order valence-corrected chi connectivity index (χ1v) is 12.3. The van der Waals surface area contributed by atoms with Gasteiger partial charge >= 0.3 is 0 Å². The molecule has 8 heteroatoms. The standard InChI is InChI=1S/C26H22FN3O3S/c27-22-12-6-7-13-23(22)29-34(32,33)20-16-24(28-17-20)26(31)30-15-14-18-8-4-5-11-21(18)25(30)19-9-2-1-3-10-19/h1-13,16-17,25,28-29H,14-15H2. The van der Waals surface area contributed by atoms with Gasteiger partial charge < -0.3 is 9.88 Å². The highest BCUT2D eigenvalue weighted by atomic mass is 32.2. The zero-order valence-corrected chi connectivity index (χ0v) is 18.9. The quantitative estimate of drug-likeness (QED) is 0.437. The van der Waals surface area contributed by atoms with E-state index >= 15 is 0 Å². The topological polar surface area (TPSA) is 82.3 Å². The Morgan fingerprint density at radius 2 is 1.68 bits per heavy atom. The second-order valence-corrected chi connectivity index (χ2v) is 9.78. The molecule has 172 valence electrons. The lowest BCUT2D eigenvalue weighted by molar-refractivity contribution is 0.0689. The van der Waals surface area contributed by atoms with Crippen molar-refractivity contribution >= 4 is 21.6 Å². The number of aromatic nitrogens is 1. The fourth-order valence-corrected chi connectivity index (χ4v) is 5.40. The molecule has 1 atom stereocenters. The van der Waals surface area contributed by atoms with Crippen LogP contribution in [-0.2, 0) is 16.4 Å². The first kappa shape index (κ1) is 21.9. The molecule has 0 aliphatic carbocycles. The van der Waals surface area contributed by atoms with Gasteiger partial charge in [0.05, 0.1) is 11.7 Å². The van der Waals surface area contributed by atoms with Gasteiger partial charge in [0.25, 0.3) is 15.9 Å². The Labute approximate surface area is 197 Å². The van der Waals surface area contributed by atoms with Crippen molar-refractivity contribution in [3.8, 4) is 0 Å². The summed E-state index contributed by atoms with van der Waals surface area (Å²) < 4.78 is 41.8. The summed E-state index contributed by atoms with van der Waals surface area (Å²) in [7, 11) is -4.09. The van der Waals surface area contributed by atoms with Crippen LogP contribution in [0.4, 0.5) is 10.1 Å². The van der Waals surface area contributed by atoms with Crippen LogP contribution >= 0.6 is 0 Å². The minimum Gasteiger partial charge on any atom is -0.356 e. The number of hydrogen-bond acceptors (Lipinski definition) is 3. The van der Waals surface area contributed by atoms with E-state index in [1.807, 2.05) is 48.5 Å². The molecule has 1 unspecified atom stereocenters. The number of nitrogens with zero attached hydrogens (tertiary/aromatic N) is 1. The van der Waals surface area contributed by atoms with Crippen LogP contribution in [0.2, 0.25) is 0 Å². The average molecular weight is 476 g/mol. The molecule has 34 heavy (non-hydrogen) atoms. The van der Waals surface area contributed by atoms with Gasteiger partial charge in [-0.2, -0.15) is 0 Å². The molecule has 0 bridgehead atoms. The molecule has 2 heterocycles. The number of H-pyrrole nitrogens is 1. The molecule has 2 N–H and O–H groups in total. The minimum atomic E-state index is -4.09. The molecular weight excluding hydrogens is 453 g/mol. The molecule has 1 amide bonds. The van der Waals surface area contributed by atoms with Crippen LogP contribution in [0.3, 0.4) is 0 Å². The maximum atomic E-state index is 13.9. The summed E-state index contributed by atoms with van der Waals surface area (Å²) in [6.45, 7) is 0.490. The Bertz CT molecular complexity index is 1450. The fraction of sp³-hybridized carbons (Fsp3) is 0.115. The summed E-state index contributed by atoms with van der Waals surface area (Å²) in [4.78, 5) is 18.0. The third-order valence-electron chi connectivity index (χ3n) is 5.97. The highest BCUT2D eigenvalue weighted by Gasteiger charge is 2.33. The van der Waals surface area contributed by atoms with Crippen molar-refractivity contribution in [2.45, 2.75) is 17.4 Å². The molecule has 1 aliphatic heterocycles. The second kappa shape index (κ2) is 8.79. The lowest BCUT2D eigenvalue weighted by atomic mass is 9.88. The Kier molecular flexibility index (Phi) is 5.67. The van der Waals surface area contributed by atoms with Gasteiger partial charge in [0.2, 0.25) is 0 Å². The summed E-state index contributed by atoms with van der Waals surface area (Å²) >= 11 is 0. The van der Waals surface area contributed by atoms with Crippen LogP contribution < -0.4 is 4.72 Å². The largest absolute Gasteiger partial charge is 0.356 e. The summed E-state index contributed by atoms with van der Waals surface area (Å²) in [5, 5.41) is 0. The number of carbonyl (C=O) groups is 1. The molecule has 0 spiro atoms. The number of benzene rings is 3. The SMILES string of the molecule is O=C(c1cc(S(=O)(=O)Nc2ccccc2F)c[nH]1)N1CCc2ccccc2C1c1ccccc1. The van der Waals surface area contributed by atoms with Gasteiger partial charge in [0.15, 0.2) is 0 Å². The zero-order valence-electron chi connectivity index (χ0n) is 18.1. The Morgan fingerprint density at radius 1 is 0.971 bits per heavy atom. The Morgan fingerprint density at radius 3 is 2.47 bits per heavy atom. The number of aromatic amines is 1. The molecule has 0 fully saturated rings. The van der Waals surface area contributed by atoms with Crippen molar-refractivity contribution in [3.05, 3.63) is 119 Å². The first-order chi connectivity index (χ1) is 16.4. The third kappa shape index (κ3) is 4.08. The van der Waals surface area contributed by atoms with Crippen LogP contribution in [0.25, 0.3) is 0 Å². The van der Waals surface area contributed by atoms with Crippen molar-refractivity contribution in [2.24, 2.45) is 0 Å². The number of fused-ring (bicyclic) bond motifs is 1. The number of para-hydroxylation sites is 1. The summed E-state index contributed by atoms with van der Waals surface area (Å²) in [6, 6.07) is 24.3. The van der Waals surface area contributed by atoms with Gasteiger partial charge in [-0.05, 0) is 41.3 Å². The van der Waals surface area contributed by atoms with Crippen LogP contribution in [-0.4, -0.2) is 30.8 Å². The summed E-state index contributed by atoms with van der Waals surface area (Å²) in [6.07, 6.45) is 1.94. The molecule has 0 radical (unpaired) electrons. The monoisotopic (exact) mass is 475 g/mol. The molecule has 1 aliphatic rings. The molecule has 0 saturated heterocycles. The van der Waals surface area contributed by atoms with Crippen LogP contribution in [0.5, 0.6) is 0 Å². The van der Waals surface area contributed by atoms with Gasteiger partial charge in [0, 0.05) is 12.7 Å². The van der Waals surface area contributed by atoms with E-state index in [1.165, 1.54) is 42.1 Å². The van der Waals surface area contributed by atoms with Gasteiger partial charge in [0.1, 0.15) is 16.4 Å². The number of sulfonamides is 1. The number of rotatable bonds is 5. The maximum Gasteiger partial charge on any atom is 0.271 e. The Balaban J connectivity index is 1.46. The molecule has 5 rings (SSSR count). The van der Waals surface area contributed by atoms with Crippen molar-refractivity contribution < 1.29 is 17.6 Å². The molecular formula is C26H22FN3O3S. The van der Waals surface area contributed by atoms with E-state index in [1.54, 1.807) is 4.90 Å². The lowest BCUT2D eigenvalue weighted by Gasteiger charge is -2.37. The molecule has 1 aromatic heterocycles. The fourth-order valence-electron chi connectivity index (χ4n) is 4.34. The van der Waals surface area contributed by atoms with E-state index in [-0.39, 0.29) is 28.2 Å². The lowest BCUT2D eigenvalue weighted by Crippen LogP contribution is -2.40. The number of carbonyl (C=O) groups excluding carboxylic acids is 1. The summed E-state index contributed by atoms with van der Waals surface area (Å²) in [5.74, 6) is -0.994. The molecule has 6 nitrogen and oxygen atoms in total. The van der Waals surface area contributed by atoms with Crippen molar-refractivity contribution in [2.75, 3.05) is 11.3 Å². The second-order valence-electron chi connectivity index (χ2n) is 8.09. The average Bonchev–Trinajstić information content (AvgIpc) is 3.36. The van der Waals surface area contributed by atoms with Crippen molar-refractivity contribution in [1.29, 1.82) is 0 Å². The van der Waals surface area contributed by atoms with Crippen molar-refractivity contribution in [3.63, 3.8) is 0 Å². The number of anilines is 1. The van der Waals surface area contributed by atoms with E-state index in [0.29, 0.717) is 13.0 Å². The van der Waals surface area contributed by atoms with Gasteiger partial charge in [-0.15, -0.1) is 0 Å². The number of amides is 1. The normalized spacial score (nSPS) is 15.6. The number of hydrogen-bond donors (Lipinski definition) is 2. The van der Waals surface area contributed by atoms with E-state index in [0.717, 1.165) is 11.1 Å². The smallest absolute Gasteiger partial charge is 0.271 e. The zero-order chi connectivity index (χ0) is 23.7. The highest BCUT2D eigenvalue weighted by Crippen LogP contribution is 2.36. The van der Waals surface area contributed by atoms with E-state index < -0.39 is 15.8 Å². The maximum absolute atomic E-state index is 13.9. The molecule has 0 saturated carbocycles. The third-order valence-corrected chi connectivity index (χ3v) is 7.32. The van der Waals surface area contributed by atoms with Crippen LogP contribution in [0.15, 0.2) is 96.0 Å². The van der Waals surface area contributed by atoms with Crippen molar-refractivity contribution in [1.82, 2.24) is 9.88 Å². The number of halogens is 1. The number of nitrogens with one attached hydrogen (secondary N) is 2. The predicted molar refractivity (Wildman–Crippen MR) is 127 cm³/mol. The predicted octanol–water partition coefficient (Wildman–Crippen LogP) is 4.74. The van der Waals surface area contributed by atoms with Crippen LogP contribution in [0, 0.1) is 5.82 Å². The van der Waals surface area contributed by atoms with Crippen LogP contribution in [0.1, 0.15) is 33.2 Å². The molecule has 3 aromatic carbocycles. The first-order valence-electron chi connectivity index (χ1n) is 10.8. The summed E-state index contributed by atoms with van der Waals surface area (Å²) in [5.41, 5.74) is 3.20.